The first kappa shape index (κ1) is 15.1. The Bertz CT molecular complexity index is 569. The minimum Gasteiger partial charge on any atom is -0.478 e. The summed E-state index contributed by atoms with van der Waals surface area (Å²) in [6.07, 6.45) is -3.31. The van der Waals surface area contributed by atoms with Crippen LogP contribution < -0.4 is 4.90 Å². The van der Waals surface area contributed by atoms with E-state index >= 15 is 0 Å². The number of carbonyl (C=O) groups is 1. The molecule has 0 saturated heterocycles. The summed E-state index contributed by atoms with van der Waals surface area (Å²) in [5, 5.41) is 9.14. The molecule has 0 radical (unpaired) electrons. The molecule has 0 atom stereocenters. The zero-order valence-corrected chi connectivity index (χ0v) is 12.4. The summed E-state index contributed by atoms with van der Waals surface area (Å²) in [7, 11) is 0. The van der Waals surface area contributed by atoms with Crippen molar-refractivity contribution in [1.29, 1.82) is 0 Å². The standard InChI is InChI=1S/C13H11F3INO2/c14-13(15,16)8-3-5-18(6-4-8)11-7-9(17)1-2-10(11)12(19)20/h1-3,7H,4-6H2,(H,19,20). The van der Waals surface area contributed by atoms with Gasteiger partial charge in [-0.05, 0) is 47.2 Å². The van der Waals surface area contributed by atoms with Gasteiger partial charge < -0.3 is 10.0 Å². The Labute approximate surface area is 127 Å². The van der Waals surface area contributed by atoms with Crippen LogP contribution in [-0.4, -0.2) is 30.3 Å². The van der Waals surface area contributed by atoms with Crippen LogP contribution >= 0.6 is 22.6 Å². The second-order valence-electron chi connectivity index (χ2n) is 4.39. The highest BCUT2D eigenvalue weighted by molar-refractivity contribution is 14.1. The van der Waals surface area contributed by atoms with Crippen LogP contribution in [0.2, 0.25) is 0 Å². The van der Waals surface area contributed by atoms with E-state index in [1.807, 2.05) is 22.6 Å². The lowest BCUT2D eigenvalue weighted by molar-refractivity contribution is -0.0944. The van der Waals surface area contributed by atoms with Gasteiger partial charge in [0.25, 0.3) is 0 Å². The lowest BCUT2D eigenvalue weighted by Gasteiger charge is -2.30. The average molecular weight is 397 g/mol. The molecule has 3 nitrogen and oxygen atoms in total. The van der Waals surface area contributed by atoms with Crippen LogP contribution in [0.3, 0.4) is 0 Å². The van der Waals surface area contributed by atoms with Crippen LogP contribution in [0, 0.1) is 3.57 Å². The maximum atomic E-state index is 12.6. The first-order chi connectivity index (χ1) is 9.29. The van der Waals surface area contributed by atoms with Gasteiger partial charge in [-0.1, -0.05) is 6.08 Å². The monoisotopic (exact) mass is 397 g/mol. The van der Waals surface area contributed by atoms with E-state index in [2.05, 4.69) is 0 Å². The Hall–Kier alpha value is -1.25. The summed E-state index contributed by atoms with van der Waals surface area (Å²) >= 11 is 2.04. The molecule has 108 valence electrons. The molecule has 2 rings (SSSR count). The molecule has 0 unspecified atom stereocenters. The fourth-order valence-corrected chi connectivity index (χ4v) is 2.57. The molecule has 1 aliphatic rings. The Kier molecular flexibility index (Phi) is 4.26. The van der Waals surface area contributed by atoms with Gasteiger partial charge in [-0.2, -0.15) is 13.2 Å². The number of hydrogen-bond acceptors (Lipinski definition) is 2. The number of hydrogen-bond donors (Lipinski definition) is 1. The van der Waals surface area contributed by atoms with Gasteiger partial charge in [0.05, 0.1) is 11.3 Å². The summed E-state index contributed by atoms with van der Waals surface area (Å²) in [5.74, 6) is -1.08. The lowest BCUT2D eigenvalue weighted by atomic mass is 10.1. The van der Waals surface area contributed by atoms with Gasteiger partial charge in [-0.15, -0.1) is 0 Å². The van der Waals surface area contributed by atoms with Gasteiger partial charge in [-0.3, -0.25) is 0 Å². The predicted molar refractivity (Wildman–Crippen MR) is 77.1 cm³/mol. The number of nitrogens with zero attached hydrogens (tertiary/aromatic N) is 1. The van der Waals surface area contributed by atoms with Crippen LogP contribution in [-0.2, 0) is 0 Å². The van der Waals surface area contributed by atoms with E-state index in [4.69, 9.17) is 5.11 Å². The molecular formula is C13H11F3INO2. The highest BCUT2D eigenvalue weighted by atomic mass is 127. The molecule has 0 spiro atoms. The summed E-state index contributed by atoms with van der Waals surface area (Å²) in [5.41, 5.74) is 0.0207. The van der Waals surface area contributed by atoms with E-state index in [1.54, 1.807) is 17.0 Å². The third-order valence-electron chi connectivity index (χ3n) is 3.10. The number of benzene rings is 1. The zero-order valence-electron chi connectivity index (χ0n) is 10.2. The number of rotatable bonds is 2. The van der Waals surface area contributed by atoms with Crippen LogP contribution in [0.25, 0.3) is 0 Å². The Morgan fingerprint density at radius 1 is 1.35 bits per heavy atom. The molecule has 0 aromatic heterocycles. The summed E-state index contributed by atoms with van der Waals surface area (Å²) < 4.78 is 38.5. The molecule has 1 heterocycles. The summed E-state index contributed by atoms with van der Waals surface area (Å²) in [6, 6.07) is 4.81. The molecule has 0 bridgehead atoms. The van der Waals surface area contributed by atoms with Gasteiger partial charge in [0, 0.05) is 22.2 Å². The molecule has 0 saturated carbocycles. The van der Waals surface area contributed by atoms with Gasteiger partial charge in [0.2, 0.25) is 0 Å². The smallest absolute Gasteiger partial charge is 0.412 e. The van der Waals surface area contributed by atoms with E-state index in [0.29, 0.717) is 5.69 Å². The van der Waals surface area contributed by atoms with Crippen molar-refractivity contribution < 1.29 is 23.1 Å². The van der Waals surface area contributed by atoms with Crippen molar-refractivity contribution in [1.82, 2.24) is 0 Å². The average Bonchev–Trinajstić information content (AvgIpc) is 2.37. The second kappa shape index (κ2) is 5.63. The highest BCUT2D eigenvalue weighted by Crippen LogP contribution is 2.32. The van der Waals surface area contributed by atoms with Gasteiger partial charge in [0.1, 0.15) is 0 Å². The van der Waals surface area contributed by atoms with Gasteiger partial charge in [0.15, 0.2) is 0 Å². The van der Waals surface area contributed by atoms with Crippen LogP contribution in [0.5, 0.6) is 0 Å². The van der Waals surface area contributed by atoms with E-state index in [-0.39, 0.29) is 25.1 Å². The number of halogens is 4. The molecule has 0 amide bonds. The number of anilines is 1. The van der Waals surface area contributed by atoms with Crippen LogP contribution in [0.1, 0.15) is 16.8 Å². The van der Waals surface area contributed by atoms with Gasteiger partial charge in [-0.25, -0.2) is 4.79 Å². The first-order valence-electron chi connectivity index (χ1n) is 5.83. The minimum atomic E-state index is -4.30. The Balaban J connectivity index is 2.29. The van der Waals surface area contributed by atoms with Crippen LogP contribution in [0.15, 0.2) is 29.8 Å². The van der Waals surface area contributed by atoms with Gasteiger partial charge >= 0.3 is 12.1 Å². The highest BCUT2D eigenvalue weighted by Gasteiger charge is 2.35. The maximum Gasteiger partial charge on any atom is 0.412 e. The molecule has 20 heavy (non-hydrogen) atoms. The molecule has 1 N–H and O–H groups in total. The third-order valence-corrected chi connectivity index (χ3v) is 3.78. The number of carboxylic acid groups (broad SMARTS) is 1. The first-order valence-corrected chi connectivity index (χ1v) is 6.91. The number of alkyl halides is 3. The topological polar surface area (TPSA) is 40.5 Å². The lowest BCUT2D eigenvalue weighted by Crippen LogP contribution is -2.33. The maximum absolute atomic E-state index is 12.6. The van der Waals surface area contributed by atoms with E-state index in [1.165, 1.54) is 6.07 Å². The second-order valence-corrected chi connectivity index (χ2v) is 5.64. The molecular weight excluding hydrogens is 386 g/mol. The molecule has 0 fully saturated rings. The zero-order chi connectivity index (χ0) is 14.9. The van der Waals surface area contributed by atoms with E-state index < -0.39 is 17.7 Å². The van der Waals surface area contributed by atoms with Crippen molar-refractivity contribution in [2.45, 2.75) is 12.6 Å². The summed E-state index contributed by atoms with van der Waals surface area (Å²) in [4.78, 5) is 12.8. The Morgan fingerprint density at radius 3 is 2.55 bits per heavy atom. The van der Waals surface area contributed by atoms with Crippen molar-refractivity contribution in [3.05, 3.63) is 39.0 Å². The van der Waals surface area contributed by atoms with Crippen molar-refractivity contribution in [2.24, 2.45) is 0 Å². The largest absolute Gasteiger partial charge is 0.478 e. The molecule has 1 aromatic carbocycles. The third kappa shape index (κ3) is 3.25. The SMILES string of the molecule is O=C(O)c1ccc(I)cc1N1CC=C(C(F)(F)F)CC1. The Morgan fingerprint density at radius 2 is 2.05 bits per heavy atom. The summed E-state index contributed by atoms with van der Waals surface area (Å²) in [6.45, 7) is 0.223. The molecule has 1 aromatic rings. The predicted octanol–water partition coefficient (Wildman–Crippen LogP) is 3.69. The fourth-order valence-electron chi connectivity index (χ4n) is 2.09. The molecule has 7 heteroatoms. The van der Waals surface area contributed by atoms with E-state index in [9.17, 15) is 18.0 Å². The van der Waals surface area contributed by atoms with E-state index in [0.717, 1.165) is 9.65 Å². The van der Waals surface area contributed by atoms with Crippen molar-refractivity contribution in [3.8, 4) is 0 Å². The van der Waals surface area contributed by atoms with Crippen molar-refractivity contribution in [2.75, 3.05) is 18.0 Å². The quantitative estimate of drug-likeness (QED) is 0.612. The number of carboxylic acids is 1. The van der Waals surface area contributed by atoms with Crippen molar-refractivity contribution in [3.63, 3.8) is 0 Å². The molecule has 1 aliphatic heterocycles. The fraction of sp³-hybridized carbons (Fsp3) is 0.308. The normalized spacial score (nSPS) is 16.0. The minimum absolute atomic E-state index is 0.0647. The number of aromatic carboxylic acids is 1. The van der Waals surface area contributed by atoms with Crippen LogP contribution in [0.4, 0.5) is 18.9 Å². The molecule has 0 aliphatic carbocycles. The van der Waals surface area contributed by atoms with Crippen molar-refractivity contribution >= 4 is 34.2 Å².